The van der Waals surface area contributed by atoms with Gasteiger partial charge in [0.25, 0.3) is 0 Å². The first kappa shape index (κ1) is 9.90. The number of aromatic nitrogens is 1. The maximum atomic E-state index is 5.97. The molecule has 3 N–H and O–H groups in total. The van der Waals surface area contributed by atoms with Crippen LogP contribution in [0, 0.1) is 13.8 Å². The SMILES string of the molecule is CCOc1c(C)[nH]c2c(C)ccc(N)c12. The van der Waals surface area contributed by atoms with E-state index in [2.05, 4.69) is 11.9 Å². The van der Waals surface area contributed by atoms with Gasteiger partial charge in [-0.15, -0.1) is 0 Å². The van der Waals surface area contributed by atoms with E-state index in [1.54, 1.807) is 0 Å². The number of hydrogen-bond donors (Lipinski definition) is 2. The first-order valence-electron chi connectivity index (χ1n) is 5.15. The molecule has 3 heteroatoms. The van der Waals surface area contributed by atoms with Crippen LogP contribution in [0.5, 0.6) is 5.75 Å². The zero-order chi connectivity index (χ0) is 11.0. The van der Waals surface area contributed by atoms with Gasteiger partial charge in [0.05, 0.1) is 23.2 Å². The molecule has 0 saturated heterocycles. The van der Waals surface area contributed by atoms with Crippen LogP contribution in [0.1, 0.15) is 18.2 Å². The molecule has 1 heterocycles. The van der Waals surface area contributed by atoms with E-state index in [0.717, 1.165) is 28.0 Å². The molecule has 0 aliphatic heterocycles. The van der Waals surface area contributed by atoms with Crippen molar-refractivity contribution in [2.45, 2.75) is 20.8 Å². The van der Waals surface area contributed by atoms with Gasteiger partial charge in [-0.05, 0) is 32.4 Å². The monoisotopic (exact) mass is 204 g/mol. The zero-order valence-electron chi connectivity index (χ0n) is 9.35. The van der Waals surface area contributed by atoms with Gasteiger partial charge in [0.1, 0.15) is 5.75 Å². The van der Waals surface area contributed by atoms with E-state index >= 15 is 0 Å². The van der Waals surface area contributed by atoms with Crippen molar-refractivity contribution in [2.75, 3.05) is 12.3 Å². The lowest BCUT2D eigenvalue weighted by molar-refractivity contribution is 0.342. The Hall–Kier alpha value is -1.64. The molecular weight excluding hydrogens is 188 g/mol. The molecule has 0 amide bonds. The minimum Gasteiger partial charge on any atom is -0.491 e. The molecule has 15 heavy (non-hydrogen) atoms. The molecule has 0 saturated carbocycles. The summed E-state index contributed by atoms with van der Waals surface area (Å²) in [4.78, 5) is 3.32. The van der Waals surface area contributed by atoms with Crippen molar-refractivity contribution >= 4 is 16.6 Å². The molecule has 0 aliphatic rings. The van der Waals surface area contributed by atoms with Crippen LogP contribution in [-0.4, -0.2) is 11.6 Å². The van der Waals surface area contributed by atoms with Crippen molar-refractivity contribution < 1.29 is 4.74 Å². The van der Waals surface area contributed by atoms with Crippen molar-refractivity contribution in [3.05, 3.63) is 23.4 Å². The highest BCUT2D eigenvalue weighted by molar-refractivity contribution is 5.99. The number of rotatable bonds is 2. The summed E-state index contributed by atoms with van der Waals surface area (Å²) in [5.74, 6) is 0.883. The van der Waals surface area contributed by atoms with Gasteiger partial charge in [0, 0.05) is 5.69 Å². The lowest BCUT2D eigenvalue weighted by atomic mass is 10.1. The molecule has 3 nitrogen and oxygen atoms in total. The summed E-state index contributed by atoms with van der Waals surface area (Å²) in [7, 11) is 0. The third kappa shape index (κ3) is 1.44. The third-order valence-corrected chi connectivity index (χ3v) is 2.61. The predicted molar refractivity (Wildman–Crippen MR) is 63.4 cm³/mol. The van der Waals surface area contributed by atoms with E-state index in [9.17, 15) is 0 Å². The van der Waals surface area contributed by atoms with Crippen molar-refractivity contribution in [1.29, 1.82) is 0 Å². The van der Waals surface area contributed by atoms with Gasteiger partial charge >= 0.3 is 0 Å². The number of nitrogens with one attached hydrogen (secondary N) is 1. The van der Waals surface area contributed by atoms with Gasteiger partial charge < -0.3 is 15.5 Å². The molecule has 0 spiro atoms. The van der Waals surface area contributed by atoms with Crippen LogP contribution in [0.25, 0.3) is 10.9 Å². The van der Waals surface area contributed by atoms with Crippen molar-refractivity contribution in [3.8, 4) is 5.75 Å². The topological polar surface area (TPSA) is 51.0 Å². The lowest BCUT2D eigenvalue weighted by Crippen LogP contribution is -1.94. The zero-order valence-corrected chi connectivity index (χ0v) is 9.35. The summed E-state index contributed by atoms with van der Waals surface area (Å²) in [6.07, 6.45) is 0. The molecule has 80 valence electrons. The number of aromatic amines is 1. The molecule has 1 aromatic carbocycles. The molecule has 0 radical (unpaired) electrons. The number of aryl methyl sites for hydroxylation is 2. The molecule has 2 aromatic rings. The predicted octanol–water partition coefficient (Wildman–Crippen LogP) is 2.77. The molecule has 0 bridgehead atoms. The first-order valence-corrected chi connectivity index (χ1v) is 5.15. The smallest absolute Gasteiger partial charge is 0.149 e. The van der Waals surface area contributed by atoms with E-state index in [0.29, 0.717) is 6.61 Å². The maximum Gasteiger partial charge on any atom is 0.149 e. The fraction of sp³-hybridized carbons (Fsp3) is 0.333. The summed E-state index contributed by atoms with van der Waals surface area (Å²) in [6, 6.07) is 3.94. The van der Waals surface area contributed by atoms with Crippen LogP contribution >= 0.6 is 0 Å². The fourth-order valence-corrected chi connectivity index (χ4v) is 1.89. The Morgan fingerprint density at radius 1 is 1.33 bits per heavy atom. The van der Waals surface area contributed by atoms with Gasteiger partial charge in [0.15, 0.2) is 0 Å². The van der Waals surface area contributed by atoms with Gasteiger partial charge in [-0.3, -0.25) is 0 Å². The number of benzene rings is 1. The number of fused-ring (bicyclic) bond motifs is 1. The quantitative estimate of drug-likeness (QED) is 0.739. The Balaban J connectivity index is 2.79. The average molecular weight is 204 g/mol. The number of H-pyrrole nitrogens is 1. The van der Waals surface area contributed by atoms with Crippen LogP contribution in [0.2, 0.25) is 0 Å². The van der Waals surface area contributed by atoms with Gasteiger partial charge in [-0.25, -0.2) is 0 Å². The van der Waals surface area contributed by atoms with Crippen molar-refractivity contribution in [3.63, 3.8) is 0 Å². The first-order chi connectivity index (χ1) is 7.15. The normalized spacial score (nSPS) is 10.9. The Morgan fingerprint density at radius 3 is 2.73 bits per heavy atom. The van der Waals surface area contributed by atoms with Crippen molar-refractivity contribution in [1.82, 2.24) is 4.98 Å². The number of hydrogen-bond acceptors (Lipinski definition) is 2. The number of ether oxygens (including phenoxy) is 1. The van der Waals surface area contributed by atoms with Gasteiger partial charge in [-0.2, -0.15) is 0 Å². The van der Waals surface area contributed by atoms with Crippen LogP contribution in [0.15, 0.2) is 12.1 Å². The van der Waals surface area contributed by atoms with Crippen LogP contribution in [0.4, 0.5) is 5.69 Å². The standard InChI is InChI=1S/C12H16N2O/c1-4-15-12-8(3)14-11-7(2)5-6-9(13)10(11)12/h5-6,14H,4,13H2,1-3H3. The second-order valence-electron chi connectivity index (χ2n) is 3.73. The minimum atomic E-state index is 0.654. The molecule has 0 aliphatic carbocycles. The second kappa shape index (κ2) is 3.50. The van der Waals surface area contributed by atoms with Crippen LogP contribution < -0.4 is 10.5 Å². The summed E-state index contributed by atoms with van der Waals surface area (Å²) in [5.41, 5.74) is 10.0. The van der Waals surface area contributed by atoms with Crippen LogP contribution in [-0.2, 0) is 0 Å². The number of anilines is 1. The molecular formula is C12H16N2O. The minimum absolute atomic E-state index is 0.654. The molecule has 2 rings (SSSR count). The summed E-state index contributed by atoms with van der Waals surface area (Å²) >= 11 is 0. The van der Waals surface area contributed by atoms with E-state index < -0.39 is 0 Å². The van der Waals surface area contributed by atoms with Gasteiger partial charge in [0.2, 0.25) is 0 Å². The Labute approximate surface area is 89.2 Å². The van der Waals surface area contributed by atoms with E-state index in [4.69, 9.17) is 10.5 Å². The molecule has 0 atom stereocenters. The van der Waals surface area contributed by atoms with Crippen LogP contribution in [0.3, 0.4) is 0 Å². The Kier molecular flexibility index (Phi) is 2.31. The third-order valence-electron chi connectivity index (χ3n) is 2.61. The number of nitrogen functional groups attached to an aromatic ring is 1. The molecule has 1 aromatic heterocycles. The summed E-state index contributed by atoms with van der Waals surface area (Å²) in [5, 5.41) is 1.01. The maximum absolute atomic E-state index is 5.97. The fourth-order valence-electron chi connectivity index (χ4n) is 1.89. The Morgan fingerprint density at radius 2 is 2.07 bits per heavy atom. The second-order valence-corrected chi connectivity index (χ2v) is 3.73. The summed E-state index contributed by atoms with van der Waals surface area (Å²) < 4.78 is 5.61. The average Bonchev–Trinajstić information content (AvgIpc) is 2.53. The highest BCUT2D eigenvalue weighted by Gasteiger charge is 2.13. The van der Waals surface area contributed by atoms with E-state index in [-0.39, 0.29) is 0 Å². The molecule has 0 fully saturated rings. The summed E-state index contributed by atoms with van der Waals surface area (Å²) in [6.45, 7) is 6.70. The van der Waals surface area contributed by atoms with E-state index in [1.165, 1.54) is 5.56 Å². The highest BCUT2D eigenvalue weighted by atomic mass is 16.5. The van der Waals surface area contributed by atoms with E-state index in [1.807, 2.05) is 26.0 Å². The lowest BCUT2D eigenvalue weighted by Gasteiger charge is -2.04. The van der Waals surface area contributed by atoms with Crippen molar-refractivity contribution in [2.24, 2.45) is 0 Å². The van der Waals surface area contributed by atoms with Gasteiger partial charge in [-0.1, -0.05) is 6.07 Å². The molecule has 0 unspecified atom stereocenters. The number of nitrogens with two attached hydrogens (primary N) is 1. The largest absolute Gasteiger partial charge is 0.491 e. The highest BCUT2D eigenvalue weighted by Crippen LogP contribution is 2.35. The Bertz CT molecular complexity index is 500.